The second-order valence-corrected chi connectivity index (χ2v) is 4.31. The maximum absolute atomic E-state index is 13.4. The van der Waals surface area contributed by atoms with Gasteiger partial charge in [0.15, 0.2) is 0 Å². The van der Waals surface area contributed by atoms with Crippen molar-refractivity contribution in [2.45, 2.75) is 6.42 Å². The Morgan fingerprint density at radius 3 is 2.48 bits per heavy atom. The lowest BCUT2D eigenvalue weighted by Crippen LogP contribution is -2.09. The number of nitrogens with zero attached hydrogens (tertiary/aromatic N) is 1. The number of anilines is 1. The zero-order valence-corrected chi connectivity index (χ0v) is 10.8. The summed E-state index contributed by atoms with van der Waals surface area (Å²) < 4.78 is 39.9. The lowest BCUT2D eigenvalue weighted by atomic mass is 10.1. The van der Waals surface area contributed by atoms with E-state index in [1.165, 1.54) is 6.07 Å². The molecule has 0 heterocycles. The average molecular weight is 296 g/mol. The van der Waals surface area contributed by atoms with E-state index in [0.29, 0.717) is 11.6 Å². The van der Waals surface area contributed by atoms with E-state index in [9.17, 15) is 23.3 Å². The minimum atomic E-state index is -1.26. The number of rotatable bonds is 5. The number of benzene rings is 2. The predicted octanol–water partition coefficient (Wildman–Crippen LogP) is 3.67. The van der Waals surface area contributed by atoms with Crippen LogP contribution < -0.4 is 5.32 Å². The van der Waals surface area contributed by atoms with Gasteiger partial charge in [-0.2, -0.15) is 4.39 Å². The van der Waals surface area contributed by atoms with Crippen LogP contribution in [0.5, 0.6) is 0 Å². The van der Waals surface area contributed by atoms with Gasteiger partial charge in [-0.25, -0.2) is 8.78 Å². The summed E-state index contributed by atoms with van der Waals surface area (Å²) in [6, 6.07) is 7.34. The van der Waals surface area contributed by atoms with E-state index in [2.05, 4.69) is 5.32 Å². The molecule has 0 radical (unpaired) electrons. The second-order valence-electron chi connectivity index (χ2n) is 4.31. The molecule has 0 unspecified atom stereocenters. The van der Waals surface area contributed by atoms with E-state index in [4.69, 9.17) is 0 Å². The third-order valence-corrected chi connectivity index (χ3v) is 2.88. The van der Waals surface area contributed by atoms with Crippen molar-refractivity contribution < 1.29 is 18.1 Å². The van der Waals surface area contributed by atoms with Gasteiger partial charge in [0, 0.05) is 18.7 Å². The third kappa shape index (κ3) is 3.50. The second kappa shape index (κ2) is 6.25. The predicted molar refractivity (Wildman–Crippen MR) is 71.6 cm³/mol. The fourth-order valence-corrected chi connectivity index (χ4v) is 1.92. The van der Waals surface area contributed by atoms with Crippen molar-refractivity contribution >= 4 is 11.4 Å². The van der Waals surface area contributed by atoms with Crippen LogP contribution in [0.1, 0.15) is 5.56 Å². The normalized spacial score (nSPS) is 10.4. The minimum Gasteiger partial charge on any atom is -0.379 e. The van der Waals surface area contributed by atoms with Gasteiger partial charge in [0.05, 0.1) is 4.92 Å². The van der Waals surface area contributed by atoms with Gasteiger partial charge in [-0.05, 0) is 18.1 Å². The summed E-state index contributed by atoms with van der Waals surface area (Å²) >= 11 is 0. The molecule has 0 aliphatic heterocycles. The topological polar surface area (TPSA) is 55.2 Å². The summed E-state index contributed by atoms with van der Waals surface area (Å²) in [5.41, 5.74) is -0.691. The molecule has 21 heavy (non-hydrogen) atoms. The zero-order valence-electron chi connectivity index (χ0n) is 10.8. The molecule has 0 saturated carbocycles. The molecule has 2 aromatic rings. The van der Waals surface area contributed by atoms with Gasteiger partial charge in [0.25, 0.3) is 0 Å². The van der Waals surface area contributed by atoms with Crippen LogP contribution in [-0.4, -0.2) is 11.5 Å². The smallest absolute Gasteiger partial charge is 0.327 e. The van der Waals surface area contributed by atoms with E-state index in [1.807, 2.05) is 0 Å². The van der Waals surface area contributed by atoms with Crippen molar-refractivity contribution in [3.63, 3.8) is 0 Å². The monoisotopic (exact) mass is 296 g/mol. The molecule has 2 rings (SSSR count). The average Bonchev–Trinajstić information content (AvgIpc) is 2.39. The quantitative estimate of drug-likeness (QED) is 0.676. The van der Waals surface area contributed by atoms with E-state index < -0.39 is 28.1 Å². The Balaban J connectivity index is 2.13. The zero-order chi connectivity index (χ0) is 15.4. The number of hydrogen-bond donors (Lipinski definition) is 1. The highest BCUT2D eigenvalue weighted by Crippen LogP contribution is 2.28. The standard InChI is InChI=1S/C14H11F3N2O2/c15-10-7-12(17)14(19(20)21)13(8-10)18-6-5-9-3-1-2-4-11(9)16/h1-4,7-8,18H,5-6H2. The van der Waals surface area contributed by atoms with Gasteiger partial charge >= 0.3 is 5.69 Å². The Morgan fingerprint density at radius 2 is 1.81 bits per heavy atom. The molecule has 110 valence electrons. The van der Waals surface area contributed by atoms with Crippen LogP contribution in [0, 0.1) is 27.6 Å². The summed E-state index contributed by atoms with van der Waals surface area (Å²) in [7, 11) is 0. The summed E-state index contributed by atoms with van der Waals surface area (Å²) in [6.07, 6.45) is 0.224. The molecule has 0 aromatic heterocycles. The summed E-state index contributed by atoms with van der Waals surface area (Å²) in [6.45, 7) is 0.102. The molecular weight excluding hydrogens is 285 g/mol. The van der Waals surface area contributed by atoms with Gasteiger partial charge < -0.3 is 5.32 Å². The first kappa shape index (κ1) is 14.8. The molecule has 0 atom stereocenters. The first-order valence-corrected chi connectivity index (χ1v) is 6.09. The van der Waals surface area contributed by atoms with Crippen LogP contribution in [-0.2, 0) is 6.42 Å². The Bertz CT molecular complexity index is 677. The van der Waals surface area contributed by atoms with Crippen LogP contribution in [0.15, 0.2) is 36.4 Å². The van der Waals surface area contributed by atoms with Crippen molar-refractivity contribution in [3.05, 3.63) is 69.5 Å². The first-order chi connectivity index (χ1) is 9.99. The minimum absolute atomic E-state index is 0.102. The van der Waals surface area contributed by atoms with Crippen molar-refractivity contribution in [3.8, 4) is 0 Å². The molecule has 1 N–H and O–H groups in total. The maximum Gasteiger partial charge on any atom is 0.327 e. The van der Waals surface area contributed by atoms with E-state index >= 15 is 0 Å². The fourth-order valence-electron chi connectivity index (χ4n) is 1.92. The molecule has 0 aliphatic carbocycles. The van der Waals surface area contributed by atoms with Crippen LogP contribution in [0.25, 0.3) is 0 Å². The molecule has 0 fully saturated rings. The first-order valence-electron chi connectivity index (χ1n) is 6.09. The molecule has 0 spiro atoms. The van der Waals surface area contributed by atoms with Crippen molar-refractivity contribution in [2.24, 2.45) is 0 Å². The van der Waals surface area contributed by atoms with E-state index in [0.717, 1.165) is 6.07 Å². The van der Waals surface area contributed by atoms with Crippen molar-refractivity contribution in [1.29, 1.82) is 0 Å². The van der Waals surface area contributed by atoms with E-state index in [-0.39, 0.29) is 18.7 Å². The summed E-state index contributed by atoms with van der Waals surface area (Å²) in [4.78, 5) is 9.85. The Kier molecular flexibility index (Phi) is 4.42. The molecule has 0 aliphatic rings. The molecule has 0 amide bonds. The number of hydrogen-bond acceptors (Lipinski definition) is 3. The SMILES string of the molecule is O=[N+]([O-])c1c(F)cc(F)cc1NCCc1ccccc1F. The van der Waals surface area contributed by atoms with Crippen LogP contribution >= 0.6 is 0 Å². The largest absolute Gasteiger partial charge is 0.379 e. The molecule has 7 heteroatoms. The Labute approximate surface area is 118 Å². The Hall–Kier alpha value is -2.57. The van der Waals surface area contributed by atoms with E-state index in [1.54, 1.807) is 18.2 Å². The molecule has 2 aromatic carbocycles. The molecule has 0 saturated heterocycles. The number of halogens is 3. The summed E-state index contributed by atoms with van der Waals surface area (Å²) in [5.74, 6) is -2.58. The lowest BCUT2D eigenvalue weighted by Gasteiger charge is -2.08. The van der Waals surface area contributed by atoms with Crippen LogP contribution in [0.2, 0.25) is 0 Å². The van der Waals surface area contributed by atoms with Gasteiger partial charge in [-0.3, -0.25) is 10.1 Å². The number of nitro benzene ring substituents is 1. The Morgan fingerprint density at radius 1 is 1.10 bits per heavy atom. The highest BCUT2D eigenvalue weighted by Gasteiger charge is 2.21. The highest BCUT2D eigenvalue weighted by atomic mass is 19.1. The van der Waals surface area contributed by atoms with Gasteiger partial charge in [0.2, 0.25) is 5.82 Å². The third-order valence-electron chi connectivity index (χ3n) is 2.88. The summed E-state index contributed by atoms with van der Waals surface area (Å²) in [5, 5.41) is 13.3. The fraction of sp³-hybridized carbons (Fsp3) is 0.143. The van der Waals surface area contributed by atoms with Crippen LogP contribution in [0.3, 0.4) is 0 Å². The van der Waals surface area contributed by atoms with Crippen molar-refractivity contribution in [1.82, 2.24) is 0 Å². The van der Waals surface area contributed by atoms with Gasteiger partial charge in [-0.1, -0.05) is 18.2 Å². The number of nitro groups is 1. The van der Waals surface area contributed by atoms with Crippen molar-refractivity contribution in [2.75, 3.05) is 11.9 Å². The van der Waals surface area contributed by atoms with Crippen LogP contribution in [0.4, 0.5) is 24.5 Å². The molecule has 0 bridgehead atoms. The lowest BCUT2D eigenvalue weighted by molar-refractivity contribution is -0.386. The van der Waals surface area contributed by atoms with Gasteiger partial charge in [-0.15, -0.1) is 0 Å². The molecular formula is C14H11F3N2O2. The highest BCUT2D eigenvalue weighted by molar-refractivity contribution is 5.62. The van der Waals surface area contributed by atoms with Gasteiger partial charge in [0.1, 0.15) is 17.3 Å². The molecule has 4 nitrogen and oxygen atoms in total. The maximum atomic E-state index is 13.4. The number of nitrogens with one attached hydrogen (secondary N) is 1.